The van der Waals surface area contributed by atoms with Gasteiger partial charge in [0, 0.05) is 12.3 Å². The van der Waals surface area contributed by atoms with Crippen LogP contribution in [-0.2, 0) is 0 Å². The van der Waals surface area contributed by atoms with Crippen LogP contribution >= 0.6 is 0 Å². The summed E-state index contributed by atoms with van der Waals surface area (Å²) in [7, 11) is 0. The fraction of sp³-hybridized carbons (Fsp3) is 0.562. The lowest BCUT2D eigenvalue weighted by atomic mass is 10.0. The Kier molecular flexibility index (Phi) is 5.89. The molecule has 19 heavy (non-hydrogen) atoms. The van der Waals surface area contributed by atoms with Crippen LogP contribution in [0.25, 0.3) is 0 Å². The minimum absolute atomic E-state index is 0.673. The Labute approximate surface area is 115 Å². The number of aliphatic imine (C=N–C) groups is 1. The summed E-state index contributed by atoms with van der Waals surface area (Å²) >= 11 is 0. The van der Waals surface area contributed by atoms with Gasteiger partial charge in [-0.15, -0.1) is 0 Å². The molecule has 1 aromatic carbocycles. The zero-order valence-electron chi connectivity index (χ0n) is 11.6. The molecule has 0 saturated heterocycles. The monoisotopic (exact) mass is 260 g/mol. The molecule has 2 rings (SSSR count). The molecule has 0 unspecified atom stereocenters. The molecular formula is C16H24N2O. The molecule has 0 fully saturated rings. The van der Waals surface area contributed by atoms with E-state index < -0.39 is 0 Å². The van der Waals surface area contributed by atoms with Gasteiger partial charge in [0.05, 0.1) is 6.61 Å². The summed E-state index contributed by atoms with van der Waals surface area (Å²) in [5.41, 5.74) is 7.93. The maximum absolute atomic E-state index is 5.70. The van der Waals surface area contributed by atoms with E-state index in [9.17, 15) is 0 Å². The molecule has 1 aromatic rings. The lowest BCUT2D eigenvalue weighted by molar-refractivity contribution is 0.313. The zero-order chi connectivity index (χ0) is 13.3. The summed E-state index contributed by atoms with van der Waals surface area (Å²) in [6.07, 6.45) is 7.09. The molecule has 3 nitrogen and oxygen atoms in total. The van der Waals surface area contributed by atoms with Gasteiger partial charge < -0.3 is 10.5 Å². The van der Waals surface area contributed by atoms with Crippen LogP contribution in [0.1, 0.15) is 44.1 Å². The number of ether oxygens (including phenoxy) is 1. The lowest BCUT2D eigenvalue weighted by Crippen LogP contribution is -2.08. The van der Waals surface area contributed by atoms with Gasteiger partial charge in [-0.25, -0.2) is 0 Å². The van der Waals surface area contributed by atoms with Crippen molar-refractivity contribution >= 4 is 5.71 Å². The number of rotatable bonds is 5. The SMILES string of the molecule is NCCCOc1cccc(C2=NCCCCCC2)c1. The Morgan fingerprint density at radius 3 is 2.95 bits per heavy atom. The number of hydrogen-bond donors (Lipinski definition) is 1. The molecule has 1 aliphatic rings. The Morgan fingerprint density at radius 1 is 1.16 bits per heavy atom. The van der Waals surface area contributed by atoms with Crippen molar-refractivity contribution in [1.82, 2.24) is 0 Å². The van der Waals surface area contributed by atoms with Gasteiger partial charge in [-0.3, -0.25) is 4.99 Å². The molecule has 0 atom stereocenters. The summed E-state index contributed by atoms with van der Waals surface area (Å²) in [5, 5.41) is 0. The minimum Gasteiger partial charge on any atom is -0.494 e. The van der Waals surface area contributed by atoms with E-state index in [0.717, 1.165) is 25.1 Å². The summed E-state index contributed by atoms with van der Waals surface area (Å²) < 4.78 is 5.70. The molecule has 0 amide bonds. The van der Waals surface area contributed by atoms with Crippen LogP contribution in [0.4, 0.5) is 0 Å². The van der Waals surface area contributed by atoms with Gasteiger partial charge in [0.15, 0.2) is 0 Å². The summed E-state index contributed by atoms with van der Waals surface area (Å²) in [6.45, 7) is 2.33. The third-order valence-corrected chi connectivity index (χ3v) is 3.41. The van der Waals surface area contributed by atoms with Crippen LogP contribution in [0.3, 0.4) is 0 Å². The Balaban J connectivity index is 2.03. The lowest BCUT2D eigenvalue weighted by Gasteiger charge is -2.12. The first-order valence-electron chi connectivity index (χ1n) is 7.37. The molecule has 1 aliphatic heterocycles. The Morgan fingerprint density at radius 2 is 2.05 bits per heavy atom. The molecule has 104 valence electrons. The third-order valence-electron chi connectivity index (χ3n) is 3.41. The zero-order valence-corrected chi connectivity index (χ0v) is 11.6. The summed E-state index contributed by atoms with van der Waals surface area (Å²) in [4.78, 5) is 4.73. The van der Waals surface area contributed by atoms with Gasteiger partial charge in [-0.05, 0) is 49.9 Å². The maximum Gasteiger partial charge on any atom is 0.119 e. The van der Waals surface area contributed by atoms with Gasteiger partial charge in [-0.1, -0.05) is 25.0 Å². The van der Waals surface area contributed by atoms with Gasteiger partial charge in [0.2, 0.25) is 0 Å². The molecule has 0 aromatic heterocycles. The van der Waals surface area contributed by atoms with Crippen molar-refractivity contribution in [3.63, 3.8) is 0 Å². The van der Waals surface area contributed by atoms with Gasteiger partial charge >= 0.3 is 0 Å². The molecule has 1 heterocycles. The standard InChI is InChI=1S/C16H24N2O/c17-10-6-12-19-15-8-5-7-14(13-15)16-9-3-1-2-4-11-18-16/h5,7-8,13H,1-4,6,9-12,17H2. The van der Waals surface area contributed by atoms with Crippen molar-refractivity contribution in [2.24, 2.45) is 10.7 Å². The van der Waals surface area contributed by atoms with Crippen LogP contribution in [-0.4, -0.2) is 25.4 Å². The second kappa shape index (κ2) is 7.95. The van der Waals surface area contributed by atoms with Gasteiger partial charge in [0.1, 0.15) is 5.75 Å². The largest absolute Gasteiger partial charge is 0.494 e. The van der Waals surface area contributed by atoms with E-state index >= 15 is 0 Å². The second-order valence-corrected chi connectivity index (χ2v) is 5.01. The molecule has 0 saturated carbocycles. The summed E-state index contributed by atoms with van der Waals surface area (Å²) in [6, 6.07) is 8.30. The Bertz CT molecular complexity index is 415. The van der Waals surface area contributed by atoms with E-state index in [4.69, 9.17) is 15.5 Å². The normalized spacial score (nSPS) is 16.4. The van der Waals surface area contributed by atoms with Crippen molar-refractivity contribution in [3.05, 3.63) is 29.8 Å². The smallest absolute Gasteiger partial charge is 0.119 e. The second-order valence-electron chi connectivity index (χ2n) is 5.01. The quantitative estimate of drug-likeness (QED) is 0.827. The van der Waals surface area contributed by atoms with Gasteiger partial charge in [0.25, 0.3) is 0 Å². The van der Waals surface area contributed by atoms with Crippen LogP contribution < -0.4 is 10.5 Å². The predicted molar refractivity (Wildman–Crippen MR) is 80.1 cm³/mol. The van der Waals surface area contributed by atoms with E-state index in [0.29, 0.717) is 13.2 Å². The molecule has 3 heteroatoms. The highest BCUT2D eigenvalue weighted by Gasteiger charge is 2.07. The average molecular weight is 260 g/mol. The van der Waals surface area contributed by atoms with Crippen LogP contribution in [0.5, 0.6) is 5.75 Å². The molecule has 2 N–H and O–H groups in total. The Hall–Kier alpha value is -1.35. The van der Waals surface area contributed by atoms with Crippen molar-refractivity contribution in [2.45, 2.75) is 38.5 Å². The molecule has 0 bridgehead atoms. The average Bonchev–Trinajstić information content (AvgIpc) is 2.39. The van der Waals surface area contributed by atoms with E-state index in [1.165, 1.54) is 37.0 Å². The van der Waals surface area contributed by atoms with Crippen molar-refractivity contribution in [1.29, 1.82) is 0 Å². The topological polar surface area (TPSA) is 47.6 Å². The predicted octanol–water partition coefficient (Wildman–Crippen LogP) is 3.17. The first-order chi connectivity index (χ1) is 9.40. The van der Waals surface area contributed by atoms with Crippen LogP contribution in [0.2, 0.25) is 0 Å². The highest BCUT2D eigenvalue weighted by atomic mass is 16.5. The fourth-order valence-electron chi connectivity index (χ4n) is 2.33. The van der Waals surface area contributed by atoms with E-state index in [1.54, 1.807) is 0 Å². The summed E-state index contributed by atoms with van der Waals surface area (Å²) in [5.74, 6) is 0.927. The van der Waals surface area contributed by atoms with Gasteiger partial charge in [-0.2, -0.15) is 0 Å². The van der Waals surface area contributed by atoms with E-state index in [-0.39, 0.29) is 0 Å². The number of hydrogen-bond acceptors (Lipinski definition) is 3. The minimum atomic E-state index is 0.673. The maximum atomic E-state index is 5.70. The van der Waals surface area contributed by atoms with Crippen LogP contribution in [0, 0.1) is 0 Å². The van der Waals surface area contributed by atoms with Crippen LogP contribution in [0.15, 0.2) is 29.3 Å². The van der Waals surface area contributed by atoms with Crippen molar-refractivity contribution in [2.75, 3.05) is 19.7 Å². The molecule has 0 radical (unpaired) electrons. The van der Waals surface area contributed by atoms with E-state index in [2.05, 4.69) is 12.1 Å². The molecular weight excluding hydrogens is 236 g/mol. The molecule has 0 aliphatic carbocycles. The van der Waals surface area contributed by atoms with E-state index in [1.807, 2.05) is 12.1 Å². The number of nitrogens with zero attached hydrogens (tertiary/aromatic N) is 1. The first-order valence-corrected chi connectivity index (χ1v) is 7.37. The highest BCUT2D eigenvalue weighted by molar-refractivity contribution is 6.00. The number of benzene rings is 1. The highest BCUT2D eigenvalue weighted by Crippen LogP contribution is 2.18. The third kappa shape index (κ3) is 4.67. The first kappa shape index (κ1) is 14.1. The fourth-order valence-corrected chi connectivity index (χ4v) is 2.33. The van der Waals surface area contributed by atoms with Crippen molar-refractivity contribution in [3.8, 4) is 5.75 Å². The number of nitrogens with two attached hydrogens (primary N) is 1. The molecule has 0 spiro atoms. The van der Waals surface area contributed by atoms with Crippen molar-refractivity contribution < 1.29 is 4.74 Å².